The van der Waals surface area contributed by atoms with E-state index < -0.39 is 0 Å². The second kappa shape index (κ2) is 8.05. The van der Waals surface area contributed by atoms with E-state index in [1.807, 2.05) is 36.7 Å². The Morgan fingerprint density at radius 3 is 2.52 bits per heavy atom. The molecule has 136 valence electrons. The molecule has 0 spiro atoms. The lowest BCUT2D eigenvalue weighted by Gasteiger charge is -2.11. The minimum Gasteiger partial charge on any atom is -0.497 e. The van der Waals surface area contributed by atoms with Gasteiger partial charge in [0.25, 0.3) is 0 Å². The van der Waals surface area contributed by atoms with Gasteiger partial charge < -0.3 is 14.8 Å². The molecule has 0 aliphatic heterocycles. The van der Waals surface area contributed by atoms with Crippen LogP contribution in [0, 0.1) is 13.8 Å². The molecule has 2 aromatic rings. The quantitative estimate of drug-likeness (QED) is 0.831. The van der Waals surface area contributed by atoms with Gasteiger partial charge in [-0.25, -0.2) is 0 Å². The van der Waals surface area contributed by atoms with Crippen LogP contribution in [-0.4, -0.2) is 29.9 Å². The van der Waals surface area contributed by atoms with Gasteiger partial charge in [0, 0.05) is 12.5 Å². The Kier molecular flexibility index (Phi) is 6.07. The Balaban J connectivity index is 2.07. The lowest BCUT2D eigenvalue weighted by atomic mass is 10.1. The number of nitrogens with zero attached hydrogens (tertiary/aromatic N) is 2. The number of hydrogen-bond acceptors (Lipinski definition) is 4. The van der Waals surface area contributed by atoms with Gasteiger partial charge in [0.2, 0.25) is 5.91 Å². The third-order valence-electron chi connectivity index (χ3n) is 4.19. The number of hydrogen-bond donors (Lipinski definition) is 1. The summed E-state index contributed by atoms with van der Waals surface area (Å²) in [4.78, 5) is 12.4. The Morgan fingerprint density at radius 1 is 1.24 bits per heavy atom. The van der Waals surface area contributed by atoms with Crippen molar-refractivity contribution in [1.82, 2.24) is 9.78 Å². The summed E-state index contributed by atoms with van der Waals surface area (Å²) in [6, 6.07) is 5.85. The van der Waals surface area contributed by atoms with E-state index >= 15 is 0 Å². The minimum atomic E-state index is -0.0422. The first-order valence-electron chi connectivity index (χ1n) is 8.43. The molecule has 1 amide bonds. The fourth-order valence-electron chi connectivity index (χ4n) is 2.87. The van der Waals surface area contributed by atoms with Crippen molar-refractivity contribution in [3.8, 4) is 11.5 Å². The predicted octanol–water partition coefficient (Wildman–Crippen LogP) is 3.67. The largest absolute Gasteiger partial charge is 0.497 e. The number of amides is 1. The summed E-state index contributed by atoms with van der Waals surface area (Å²) < 4.78 is 12.5. The molecular formula is C19H27N3O3. The molecule has 0 radical (unpaired) electrons. The number of aromatic nitrogens is 2. The summed E-state index contributed by atoms with van der Waals surface area (Å²) in [6.45, 7) is 8.02. The third-order valence-corrected chi connectivity index (χ3v) is 4.19. The van der Waals surface area contributed by atoms with E-state index in [1.54, 1.807) is 14.2 Å². The molecule has 1 aromatic heterocycles. The van der Waals surface area contributed by atoms with Gasteiger partial charge in [0.05, 0.1) is 31.3 Å². The Hall–Kier alpha value is -2.50. The maximum absolute atomic E-state index is 12.4. The molecule has 1 aromatic carbocycles. The molecule has 0 unspecified atom stereocenters. The number of ether oxygens (including phenoxy) is 2. The number of nitrogens with one attached hydrogen (secondary N) is 1. The average Bonchev–Trinajstić information content (AvgIpc) is 2.88. The zero-order valence-electron chi connectivity index (χ0n) is 15.8. The summed E-state index contributed by atoms with van der Waals surface area (Å²) in [7, 11) is 3.24. The summed E-state index contributed by atoms with van der Waals surface area (Å²) in [6.07, 6.45) is 0.928. The van der Waals surface area contributed by atoms with Gasteiger partial charge >= 0.3 is 0 Å². The van der Waals surface area contributed by atoms with E-state index in [0.29, 0.717) is 12.8 Å². The van der Waals surface area contributed by atoms with Crippen molar-refractivity contribution >= 4 is 11.6 Å². The fraction of sp³-hybridized carbons (Fsp3) is 0.474. The fourth-order valence-corrected chi connectivity index (χ4v) is 2.87. The number of aryl methyl sites for hydroxylation is 2. The lowest BCUT2D eigenvalue weighted by molar-refractivity contribution is -0.116. The van der Waals surface area contributed by atoms with Crippen molar-refractivity contribution in [1.29, 1.82) is 0 Å². The van der Waals surface area contributed by atoms with Gasteiger partial charge in [-0.2, -0.15) is 5.10 Å². The van der Waals surface area contributed by atoms with Crippen molar-refractivity contribution < 1.29 is 14.3 Å². The zero-order chi connectivity index (χ0) is 18.6. The van der Waals surface area contributed by atoms with Crippen LogP contribution in [0.1, 0.15) is 43.3 Å². The molecular weight excluding hydrogens is 318 g/mol. The highest BCUT2D eigenvalue weighted by atomic mass is 16.5. The molecule has 1 heterocycles. The van der Waals surface area contributed by atoms with E-state index in [1.165, 1.54) is 0 Å². The van der Waals surface area contributed by atoms with Crippen LogP contribution in [-0.2, 0) is 11.2 Å². The highest BCUT2D eigenvalue weighted by molar-refractivity contribution is 5.92. The normalized spacial score (nSPS) is 10.8. The van der Waals surface area contributed by atoms with E-state index in [4.69, 9.17) is 9.47 Å². The maximum atomic E-state index is 12.4. The molecule has 25 heavy (non-hydrogen) atoms. The van der Waals surface area contributed by atoms with Crippen LogP contribution in [0.5, 0.6) is 11.5 Å². The number of methoxy groups -OCH3 is 2. The van der Waals surface area contributed by atoms with Gasteiger partial charge in [0.1, 0.15) is 11.5 Å². The highest BCUT2D eigenvalue weighted by Gasteiger charge is 2.16. The average molecular weight is 345 g/mol. The Labute approximate surface area is 149 Å². The van der Waals surface area contributed by atoms with Crippen molar-refractivity contribution in [3.05, 3.63) is 35.2 Å². The van der Waals surface area contributed by atoms with Crippen LogP contribution in [0.25, 0.3) is 0 Å². The third kappa shape index (κ3) is 4.32. The molecule has 0 saturated carbocycles. The zero-order valence-corrected chi connectivity index (χ0v) is 15.8. The smallest absolute Gasteiger partial charge is 0.224 e. The summed E-state index contributed by atoms with van der Waals surface area (Å²) >= 11 is 0. The van der Waals surface area contributed by atoms with Gasteiger partial charge in [-0.3, -0.25) is 9.48 Å². The van der Waals surface area contributed by atoms with Crippen LogP contribution >= 0.6 is 0 Å². The second-order valence-corrected chi connectivity index (χ2v) is 6.31. The first kappa shape index (κ1) is 18.8. The van der Waals surface area contributed by atoms with Crippen LogP contribution in [0.2, 0.25) is 0 Å². The van der Waals surface area contributed by atoms with Gasteiger partial charge in [-0.1, -0.05) is 0 Å². The molecule has 0 aliphatic carbocycles. The molecule has 0 saturated heterocycles. The molecule has 0 atom stereocenters. The molecule has 0 aliphatic rings. The van der Waals surface area contributed by atoms with Gasteiger partial charge in [0.15, 0.2) is 0 Å². The molecule has 2 rings (SSSR count). The van der Waals surface area contributed by atoms with Crippen molar-refractivity contribution in [2.75, 3.05) is 19.5 Å². The van der Waals surface area contributed by atoms with E-state index in [0.717, 1.165) is 34.1 Å². The van der Waals surface area contributed by atoms with Crippen LogP contribution in [0.15, 0.2) is 18.2 Å². The minimum absolute atomic E-state index is 0.0422. The number of carbonyl (C=O) groups excluding carboxylic acids is 1. The van der Waals surface area contributed by atoms with Crippen molar-refractivity contribution in [2.45, 2.75) is 46.6 Å². The van der Waals surface area contributed by atoms with Crippen LogP contribution in [0.4, 0.5) is 5.69 Å². The van der Waals surface area contributed by atoms with Crippen LogP contribution in [0.3, 0.4) is 0 Å². The molecule has 6 heteroatoms. The number of anilines is 1. The second-order valence-electron chi connectivity index (χ2n) is 6.31. The van der Waals surface area contributed by atoms with E-state index in [-0.39, 0.29) is 11.9 Å². The molecule has 6 nitrogen and oxygen atoms in total. The maximum Gasteiger partial charge on any atom is 0.224 e. The Morgan fingerprint density at radius 2 is 1.96 bits per heavy atom. The predicted molar refractivity (Wildman–Crippen MR) is 98.6 cm³/mol. The lowest BCUT2D eigenvalue weighted by Crippen LogP contribution is -2.14. The molecule has 1 N–H and O–H groups in total. The summed E-state index contributed by atoms with van der Waals surface area (Å²) in [5.74, 6) is 1.47. The highest BCUT2D eigenvalue weighted by Crippen LogP contribution is 2.26. The topological polar surface area (TPSA) is 65.4 Å². The summed E-state index contributed by atoms with van der Waals surface area (Å²) in [5, 5.41) is 7.49. The molecule has 0 bridgehead atoms. The standard InChI is InChI=1S/C19H27N3O3/c1-12(2)22-14(4)19(13(3)21-22)20-18(23)10-7-15-11-16(24-5)8-9-17(15)25-6/h8-9,11-12H,7,10H2,1-6H3,(H,20,23). The number of benzene rings is 1. The SMILES string of the molecule is COc1ccc(OC)c(CCC(=O)Nc2c(C)nn(C(C)C)c2C)c1. The molecule has 0 fully saturated rings. The monoisotopic (exact) mass is 345 g/mol. The number of rotatable bonds is 7. The Bertz CT molecular complexity index is 751. The van der Waals surface area contributed by atoms with Crippen molar-refractivity contribution in [3.63, 3.8) is 0 Å². The first-order valence-corrected chi connectivity index (χ1v) is 8.43. The summed E-state index contributed by atoms with van der Waals surface area (Å²) in [5.41, 5.74) is 3.55. The van der Waals surface area contributed by atoms with E-state index in [2.05, 4.69) is 24.3 Å². The first-order chi connectivity index (χ1) is 11.9. The number of carbonyl (C=O) groups is 1. The van der Waals surface area contributed by atoms with E-state index in [9.17, 15) is 4.79 Å². The van der Waals surface area contributed by atoms with Crippen LogP contribution < -0.4 is 14.8 Å². The van der Waals surface area contributed by atoms with Gasteiger partial charge in [-0.05, 0) is 57.9 Å². The van der Waals surface area contributed by atoms with Crippen molar-refractivity contribution in [2.24, 2.45) is 0 Å². The van der Waals surface area contributed by atoms with Gasteiger partial charge in [-0.15, -0.1) is 0 Å².